The van der Waals surface area contributed by atoms with Crippen molar-refractivity contribution in [2.24, 2.45) is 11.8 Å². The lowest BCUT2D eigenvalue weighted by molar-refractivity contribution is -0.141. The SMILES string of the molecule is CC.COc1ccc(Br)c(CC(C)C(=O)O)c1.COc1ccc(Br)c2c1C(=O)C(C)C2. The molecule has 0 spiro atoms. The molecule has 0 heterocycles. The Hall–Kier alpha value is -1.86. The van der Waals surface area contributed by atoms with Gasteiger partial charge in [0.2, 0.25) is 0 Å². The van der Waals surface area contributed by atoms with E-state index in [0.29, 0.717) is 12.2 Å². The molecule has 2 aromatic rings. The number of hydrogen-bond acceptors (Lipinski definition) is 4. The van der Waals surface area contributed by atoms with Gasteiger partial charge in [-0.25, -0.2) is 0 Å². The molecule has 5 nitrogen and oxygen atoms in total. The molecular weight excluding hydrogens is 528 g/mol. The monoisotopic (exact) mass is 556 g/mol. The molecule has 1 aliphatic carbocycles. The first-order chi connectivity index (χ1) is 14.7. The molecule has 0 fully saturated rings. The lowest BCUT2D eigenvalue weighted by Crippen LogP contribution is -2.12. The number of methoxy groups -OCH3 is 2. The number of carbonyl (C=O) groups excluding carboxylic acids is 1. The average Bonchev–Trinajstić information content (AvgIpc) is 3.07. The van der Waals surface area contributed by atoms with Crippen molar-refractivity contribution < 1.29 is 24.2 Å². The van der Waals surface area contributed by atoms with Crippen LogP contribution in [0.2, 0.25) is 0 Å². The number of ketones is 1. The number of carbonyl (C=O) groups is 2. The minimum atomic E-state index is -0.787. The molecule has 0 aliphatic heterocycles. The van der Waals surface area contributed by atoms with Crippen LogP contribution in [0, 0.1) is 11.8 Å². The van der Waals surface area contributed by atoms with E-state index < -0.39 is 11.9 Å². The quantitative estimate of drug-likeness (QED) is 0.449. The van der Waals surface area contributed by atoms with Crippen LogP contribution in [0.4, 0.5) is 0 Å². The van der Waals surface area contributed by atoms with E-state index in [2.05, 4.69) is 31.9 Å². The van der Waals surface area contributed by atoms with Gasteiger partial charge in [0.1, 0.15) is 11.5 Å². The number of ether oxygens (including phenoxy) is 2. The molecule has 0 amide bonds. The van der Waals surface area contributed by atoms with Crippen molar-refractivity contribution in [3.8, 4) is 11.5 Å². The van der Waals surface area contributed by atoms with Crippen molar-refractivity contribution in [1.29, 1.82) is 0 Å². The number of fused-ring (bicyclic) bond motifs is 1. The zero-order valence-electron chi connectivity index (χ0n) is 18.8. The van der Waals surface area contributed by atoms with Gasteiger partial charge in [0.15, 0.2) is 5.78 Å². The van der Waals surface area contributed by atoms with Crippen LogP contribution < -0.4 is 9.47 Å². The predicted molar refractivity (Wildman–Crippen MR) is 130 cm³/mol. The summed E-state index contributed by atoms with van der Waals surface area (Å²) in [5.41, 5.74) is 2.79. The lowest BCUT2D eigenvalue weighted by Gasteiger charge is -2.09. The topological polar surface area (TPSA) is 72.8 Å². The Morgan fingerprint density at radius 3 is 2.29 bits per heavy atom. The summed E-state index contributed by atoms with van der Waals surface area (Å²) < 4.78 is 12.2. The number of rotatable bonds is 5. The van der Waals surface area contributed by atoms with E-state index in [1.54, 1.807) is 21.1 Å². The maximum Gasteiger partial charge on any atom is 0.306 e. The fraction of sp³-hybridized carbons (Fsp3) is 0.417. The van der Waals surface area contributed by atoms with Gasteiger partial charge in [-0.3, -0.25) is 9.59 Å². The predicted octanol–water partition coefficient (Wildman–Crippen LogP) is 6.58. The first-order valence-electron chi connectivity index (χ1n) is 10.1. The Labute approximate surface area is 201 Å². The molecule has 0 saturated heterocycles. The molecule has 170 valence electrons. The molecule has 31 heavy (non-hydrogen) atoms. The summed E-state index contributed by atoms with van der Waals surface area (Å²) in [6.07, 6.45) is 1.30. The number of benzene rings is 2. The van der Waals surface area contributed by atoms with Crippen molar-refractivity contribution in [1.82, 2.24) is 0 Å². The molecule has 0 aromatic heterocycles. The van der Waals surface area contributed by atoms with Gasteiger partial charge in [-0.1, -0.05) is 59.6 Å². The molecule has 3 rings (SSSR count). The smallest absolute Gasteiger partial charge is 0.306 e. The van der Waals surface area contributed by atoms with E-state index in [-0.39, 0.29) is 11.7 Å². The van der Waals surface area contributed by atoms with Gasteiger partial charge < -0.3 is 14.6 Å². The second-order valence-corrected chi connectivity index (χ2v) is 8.68. The maximum absolute atomic E-state index is 11.8. The molecule has 7 heteroatoms. The van der Waals surface area contributed by atoms with Gasteiger partial charge in [-0.05, 0) is 54.3 Å². The summed E-state index contributed by atoms with van der Waals surface area (Å²) >= 11 is 6.85. The minimum Gasteiger partial charge on any atom is -0.497 e. The largest absolute Gasteiger partial charge is 0.497 e. The molecule has 2 atom stereocenters. The van der Waals surface area contributed by atoms with Crippen LogP contribution in [0.5, 0.6) is 11.5 Å². The van der Waals surface area contributed by atoms with Gasteiger partial charge in [0.05, 0.1) is 25.7 Å². The van der Waals surface area contributed by atoms with E-state index in [0.717, 1.165) is 37.8 Å². The minimum absolute atomic E-state index is 0.0811. The highest BCUT2D eigenvalue weighted by molar-refractivity contribution is 9.10. The zero-order valence-corrected chi connectivity index (χ0v) is 22.0. The summed E-state index contributed by atoms with van der Waals surface area (Å²) in [5.74, 6) is 0.525. The molecular formula is C24H30Br2O5. The highest BCUT2D eigenvalue weighted by Crippen LogP contribution is 2.37. The van der Waals surface area contributed by atoms with E-state index in [9.17, 15) is 9.59 Å². The summed E-state index contributed by atoms with van der Waals surface area (Å²) in [4.78, 5) is 22.6. The van der Waals surface area contributed by atoms with E-state index in [1.807, 2.05) is 51.1 Å². The normalized spacial score (nSPS) is 15.0. The Kier molecular flexibility index (Phi) is 11.3. The third kappa shape index (κ3) is 7.07. The van der Waals surface area contributed by atoms with Crippen LogP contribution in [0.15, 0.2) is 39.3 Å². The van der Waals surface area contributed by atoms with Crippen LogP contribution in [-0.4, -0.2) is 31.1 Å². The summed E-state index contributed by atoms with van der Waals surface area (Å²) in [7, 11) is 3.19. The number of carboxylic acid groups (broad SMARTS) is 1. The van der Waals surface area contributed by atoms with Gasteiger partial charge >= 0.3 is 5.97 Å². The third-order valence-corrected chi connectivity index (χ3v) is 6.36. The molecule has 2 aromatic carbocycles. The van der Waals surface area contributed by atoms with E-state index in [1.165, 1.54) is 0 Å². The number of hydrogen-bond donors (Lipinski definition) is 1. The van der Waals surface area contributed by atoms with Crippen molar-refractivity contribution in [3.05, 3.63) is 56.0 Å². The summed E-state index contributed by atoms with van der Waals surface area (Å²) in [6.45, 7) is 7.64. The highest BCUT2D eigenvalue weighted by Gasteiger charge is 2.31. The van der Waals surface area contributed by atoms with Crippen LogP contribution in [0.1, 0.15) is 49.2 Å². The lowest BCUT2D eigenvalue weighted by atomic mass is 10.0. The van der Waals surface area contributed by atoms with Crippen molar-refractivity contribution in [2.75, 3.05) is 14.2 Å². The zero-order chi connectivity index (χ0) is 23.7. The van der Waals surface area contributed by atoms with E-state index in [4.69, 9.17) is 14.6 Å². The van der Waals surface area contributed by atoms with Crippen molar-refractivity contribution >= 4 is 43.6 Å². The van der Waals surface area contributed by atoms with Gasteiger partial charge in [0, 0.05) is 14.9 Å². The maximum atomic E-state index is 11.8. The van der Waals surface area contributed by atoms with Gasteiger partial charge in [-0.2, -0.15) is 0 Å². The number of aliphatic carboxylic acids is 1. The van der Waals surface area contributed by atoms with Gasteiger partial charge in [0.25, 0.3) is 0 Å². The fourth-order valence-corrected chi connectivity index (χ4v) is 4.04. The van der Waals surface area contributed by atoms with Gasteiger partial charge in [-0.15, -0.1) is 0 Å². The van der Waals surface area contributed by atoms with Crippen molar-refractivity contribution in [2.45, 2.75) is 40.5 Å². The molecule has 2 unspecified atom stereocenters. The molecule has 0 saturated carbocycles. The highest BCUT2D eigenvalue weighted by atomic mass is 79.9. The Bertz CT molecular complexity index is 911. The molecule has 0 bridgehead atoms. The van der Waals surface area contributed by atoms with Crippen LogP contribution in [-0.2, 0) is 17.6 Å². The Morgan fingerprint density at radius 2 is 1.74 bits per heavy atom. The Balaban J connectivity index is 0.000000287. The van der Waals surface area contributed by atoms with Crippen molar-refractivity contribution in [3.63, 3.8) is 0 Å². The fourth-order valence-electron chi connectivity index (χ4n) is 3.14. The third-order valence-electron chi connectivity index (χ3n) is 4.84. The van der Waals surface area contributed by atoms with Crippen LogP contribution in [0.25, 0.3) is 0 Å². The number of carboxylic acids is 1. The average molecular weight is 558 g/mol. The summed E-state index contributed by atoms with van der Waals surface area (Å²) in [6, 6.07) is 9.31. The first kappa shape index (κ1) is 27.2. The first-order valence-corrected chi connectivity index (χ1v) is 11.7. The molecule has 1 N–H and O–H groups in total. The van der Waals surface area contributed by atoms with Crippen LogP contribution in [0.3, 0.4) is 0 Å². The Morgan fingerprint density at radius 1 is 1.13 bits per heavy atom. The molecule has 1 aliphatic rings. The van der Waals surface area contributed by atoms with E-state index >= 15 is 0 Å². The second-order valence-electron chi connectivity index (χ2n) is 6.97. The second kappa shape index (κ2) is 12.9. The summed E-state index contributed by atoms with van der Waals surface area (Å²) in [5, 5.41) is 8.81. The number of Topliss-reactive ketones (excluding diaryl/α,β-unsaturated/α-hetero) is 1. The van der Waals surface area contributed by atoms with Crippen LogP contribution >= 0.6 is 31.9 Å². The molecule has 0 radical (unpaired) electrons. The standard InChI is InChI=1S/C11H13BrO3.C11H11BrO2.C2H6/c1-7(11(13)14)5-8-6-9(15-2)3-4-10(8)12;1-6-5-7-8(12)3-4-9(14-2)10(7)11(6)13;1-2/h3-4,6-7H,5H2,1-2H3,(H,13,14);3-4,6H,5H2,1-2H3;1-2H3. The number of halogens is 2.